The lowest BCUT2D eigenvalue weighted by molar-refractivity contribution is -0.155. The van der Waals surface area contributed by atoms with Crippen molar-refractivity contribution in [1.29, 1.82) is 0 Å². The van der Waals surface area contributed by atoms with Crippen LogP contribution in [-0.4, -0.2) is 42.7 Å². The van der Waals surface area contributed by atoms with Crippen molar-refractivity contribution in [3.8, 4) is 17.2 Å². The van der Waals surface area contributed by atoms with E-state index in [0.717, 1.165) is 6.20 Å². The molecule has 37 heavy (non-hydrogen) atoms. The minimum atomic E-state index is -3.69. The van der Waals surface area contributed by atoms with E-state index in [9.17, 15) is 18.0 Å². The number of sulfone groups is 1. The lowest BCUT2D eigenvalue weighted by Gasteiger charge is -2.19. The fourth-order valence-electron chi connectivity index (χ4n) is 3.19. The van der Waals surface area contributed by atoms with Crippen LogP contribution in [0.25, 0.3) is 0 Å². The number of nitrogens with zero attached hydrogens (tertiary/aromatic N) is 1. The summed E-state index contributed by atoms with van der Waals surface area (Å²) in [5.74, 6) is -0.255. The van der Waals surface area contributed by atoms with Crippen LogP contribution in [-0.2, 0) is 25.1 Å². The molecule has 1 N–H and O–H groups in total. The van der Waals surface area contributed by atoms with Crippen LogP contribution in [0.2, 0.25) is 0 Å². The van der Waals surface area contributed by atoms with E-state index >= 15 is 0 Å². The van der Waals surface area contributed by atoms with Crippen molar-refractivity contribution in [2.75, 3.05) is 6.61 Å². The van der Waals surface area contributed by atoms with Crippen molar-refractivity contribution in [1.82, 2.24) is 4.98 Å². The SMILES string of the molecule is CC(C)(C)OC(=O)CCCOc1cccc(Oc2ccc(S(=O)(=O)Cc3ccc(C(=O)O)cn3)cc2)c1. The number of carbonyl (C=O) groups excluding carboxylic acids is 1. The Morgan fingerprint density at radius 1 is 0.946 bits per heavy atom. The summed E-state index contributed by atoms with van der Waals surface area (Å²) in [4.78, 5) is 26.7. The molecule has 3 rings (SSSR count). The summed E-state index contributed by atoms with van der Waals surface area (Å²) >= 11 is 0. The maximum Gasteiger partial charge on any atom is 0.337 e. The topological polar surface area (TPSA) is 129 Å². The van der Waals surface area contributed by atoms with Gasteiger partial charge < -0.3 is 19.3 Å². The Balaban J connectivity index is 1.54. The normalized spacial score (nSPS) is 11.5. The second-order valence-electron chi connectivity index (χ2n) is 9.19. The highest BCUT2D eigenvalue weighted by molar-refractivity contribution is 7.90. The van der Waals surface area contributed by atoms with Gasteiger partial charge in [-0.05, 0) is 75.7 Å². The Kier molecular flexibility index (Phi) is 8.88. The Morgan fingerprint density at radius 2 is 1.65 bits per heavy atom. The lowest BCUT2D eigenvalue weighted by Crippen LogP contribution is -2.23. The fraction of sp³-hybridized carbons (Fsp3) is 0.296. The molecule has 0 aliphatic carbocycles. The van der Waals surface area contributed by atoms with E-state index < -0.39 is 21.4 Å². The second-order valence-corrected chi connectivity index (χ2v) is 11.2. The molecule has 0 radical (unpaired) electrons. The third kappa shape index (κ3) is 8.91. The number of rotatable bonds is 11. The third-order valence-corrected chi connectivity index (χ3v) is 6.51. The Hall–Kier alpha value is -3.92. The first-order valence-electron chi connectivity index (χ1n) is 11.5. The number of aromatic nitrogens is 1. The lowest BCUT2D eigenvalue weighted by atomic mass is 10.2. The molecule has 0 bridgehead atoms. The molecule has 0 atom stereocenters. The van der Waals surface area contributed by atoms with Crippen LogP contribution >= 0.6 is 0 Å². The number of carboxylic acids is 1. The molecule has 0 spiro atoms. The van der Waals surface area contributed by atoms with Crippen LogP contribution < -0.4 is 9.47 Å². The van der Waals surface area contributed by atoms with Crippen LogP contribution in [0.3, 0.4) is 0 Å². The highest BCUT2D eigenvalue weighted by atomic mass is 32.2. The Bertz CT molecular complexity index is 1330. The van der Waals surface area contributed by atoms with E-state index in [1.54, 1.807) is 36.4 Å². The van der Waals surface area contributed by atoms with E-state index in [-0.39, 0.29) is 34.3 Å². The molecular weight excluding hydrogens is 498 g/mol. The number of ether oxygens (including phenoxy) is 3. The number of carboxylic acid groups (broad SMARTS) is 1. The van der Waals surface area contributed by atoms with Crippen molar-refractivity contribution in [2.45, 2.75) is 49.9 Å². The van der Waals surface area contributed by atoms with Gasteiger partial charge in [-0.25, -0.2) is 13.2 Å². The van der Waals surface area contributed by atoms with Crippen LogP contribution in [0.1, 0.15) is 49.7 Å². The zero-order valence-electron chi connectivity index (χ0n) is 20.8. The van der Waals surface area contributed by atoms with Gasteiger partial charge in [0.05, 0.1) is 28.5 Å². The van der Waals surface area contributed by atoms with E-state index in [1.807, 2.05) is 20.8 Å². The number of aromatic carboxylic acids is 1. The standard InChI is InChI=1S/C27H29NO8S/c1-27(2,3)36-25(29)8-5-15-34-22-6-4-7-23(16-22)35-21-11-13-24(14-12-21)37(32,33)18-20-10-9-19(17-28-20)26(30)31/h4,6-7,9-14,16-17H,5,8,15,18H2,1-3H3,(H,30,31). The van der Waals surface area contributed by atoms with Crippen molar-refractivity contribution in [2.24, 2.45) is 0 Å². The molecule has 3 aromatic rings. The molecule has 1 heterocycles. The van der Waals surface area contributed by atoms with Crippen molar-refractivity contribution in [3.05, 3.63) is 78.1 Å². The van der Waals surface area contributed by atoms with Crippen molar-refractivity contribution < 1.29 is 37.3 Å². The highest BCUT2D eigenvalue weighted by Crippen LogP contribution is 2.27. The van der Waals surface area contributed by atoms with Gasteiger partial charge in [-0.2, -0.15) is 0 Å². The fourth-order valence-corrected chi connectivity index (χ4v) is 4.47. The summed E-state index contributed by atoms with van der Waals surface area (Å²) < 4.78 is 42.2. The quantitative estimate of drug-likeness (QED) is 0.269. The number of benzene rings is 2. The molecule has 0 saturated heterocycles. The summed E-state index contributed by atoms with van der Waals surface area (Å²) in [6, 6.07) is 15.6. The van der Waals surface area contributed by atoms with Crippen LogP contribution in [0.5, 0.6) is 17.2 Å². The van der Waals surface area contributed by atoms with E-state index in [1.165, 1.54) is 24.3 Å². The van der Waals surface area contributed by atoms with Gasteiger partial charge in [0.2, 0.25) is 0 Å². The monoisotopic (exact) mass is 527 g/mol. The molecule has 0 fully saturated rings. The molecular formula is C27H29NO8S. The molecule has 1 aromatic heterocycles. The van der Waals surface area contributed by atoms with Gasteiger partial charge in [0, 0.05) is 18.7 Å². The Labute approximate surface area is 215 Å². The maximum absolute atomic E-state index is 12.7. The highest BCUT2D eigenvalue weighted by Gasteiger charge is 2.17. The minimum absolute atomic E-state index is 0.0158. The minimum Gasteiger partial charge on any atom is -0.493 e. The summed E-state index contributed by atoms with van der Waals surface area (Å²) in [5, 5.41) is 8.94. The second kappa shape index (κ2) is 11.9. The molecule has 196 valence electrons. The molecule has 0 saturated carbocycles. The molecule has 0 aliphatic heterocycles. The van der Waals surface area contributed by atoms with Gasteiger partial charge >= 0.3 is 11.9 Å². The van der Waals surface area contributed by atoms with Gasteiger partial charge in [0.15, 0.2) is 9.84 Å². The zero-order valence-corrected chi connectivity index (χ0v) is 21.7. The summed E-state index contributed by atoms with van der Waals surface area (Å²) in [5.41, 5.74) is -0.287. The molecule has 10 heteroatoms. The summed E-state index contributed by atoms with van der Waals surface area (Å²) in [6.07, 6.45) is 1.89. The molecule has 9 nitrogen and oxygen atoms in total. The first-order chi connectivity index (χ1) is 17.4. The zero-order chi connectivity index (χ0) is 27.1. The van der Waals surface area contributed by atoms with Crippen LogP contribution in [0.4, 0.5) is 0 Å². The van der Waals surface area contributed by atoms with Crippen molar-refractivity contribution in [3.63, 3.8) is 0 Å². The number of hydrogen-bond donors (Lipinski definition) is 1. The molecule has 0 amide bonds. The molecule has 0 aliphatic rings. The van der Waals surface area contributed by atoms with Gasteiger partial charge in [0.25, 0.3) is 0 Å². The molecule has 0 unspecified atom stereocenters. The maximum atomic E-state index is 12.7. The summed E-state index contributed by atoms with van der Waals surface area (Å²) in [7, 11) is -3.69. The summed E-state index contributed by atoms with van der Waals surface area (Å²) in [6.45, 7) is 5.80. The van der Waals surface area contributed by atoms with E-state index in [4.69, 9.17) is 19.3 Å². The predicted octanol–water partition coefficient (Wildman–Crippen LogP) is 5.05. The van der Waals surface area contributed by atoms with Gasteiger partial charge in [-0.1, -0.05) is 6.07 Å². The van der Waals surface area contributed by atoms with Gasteiger partial charge in [0.1, 0.15) is 22.8 Å². The van der Waals surface area contributed by atoms with E-state index in [0.29, 0.717) is 30.3 Å². The average molecular weight is 528 g/mol. The number of pyridine rings is 1. The number of esters is 1. The molecule has 2 aromatic carbocycles. The number of hydrogen-bond acceptors (Lipinski definition) is 8. The number of carbonyl (C=O) groups is 2. The first-order valence-corrected chi connectivity index (χ1v) is 13.2. The largest absolute Gasteiger partial charge is 0.493 e. The Morgan fingerprint density at radius 3 is 2.27 bits per heavy atom. The smallest absolute Gasteiger partial charge is 0.337 e. The van der Waals surface area contributed by atoms with E-state index in [2.05, 4.69) is 4.98 Å². The average Bonchev–Trinajstić information content (AvgIpc) is 2.81. The van der Waals surface area contributed by atoms with Gasteiger partial charge in [-0.3, -0.25) is 9.78 Å². The first kappa shape index (κ1) is 27.7. The third-order valence-electron chi connectivity index (χ3n) is 4.85. The van der Waals surface area contributed by atoms with Crippen LogP contribution in [0, 0.1) is 0 Å². The van der Waals surface area contributed by atoms with Crippen LogP contribution in [0.15, 0.2) is 71.8 Å². The predicted molar refractivity (Wildman–Crippen MR) is 136 cm³/mol. The van der Waals surface area contributed by atoms with Crippen molar-refractivity contribution >= 4 is 21.8 Å². The van der Waals surface area contributed by atoms with Gasteiger partial charge in [-0.15, -0.1) is 0 Å².